The molecule has 120 valence electrons. The van der Waals surface area contributed by atoms with Crippen LogP contribution in [0.15, 0.2) is 23.1 Å². The molecule has 1 heterocycles. The fourth-order valence-electron chi connectivity index (χ4n) is 2.83. The minimum absolute atomic E-state index is 0.0147. The summed E-state index contributed by atoms with van der Waals surface area (Å²) in [7, 11) is 0. The summed E-state index contributed by atoms with van der Waals surface area (Å²) in [6, 6.07) is 6.24. The first-order valence-corrected chi connectivity index (χ1v) is 8.57. The number of carbonyl (C=O) groups is 2. The van der Waals surface area contributed by atoms with Crippen molar-refractivity contribution in [2.75, 3.05) is 18.8 Å². The standard InChI is InChI=1S/C17H23NO3S/c1-11-4-5-12(2)15(8-11)22-10-16(19)18-7-6-14(17(20)21)13(3)9-18/h4-5,8,13-14H,6-7,9-10H2,1-3H3,(H,20,21). The predicted molar refractivity (Wildman–Crippen MR) is 88.1 cm³/mol. The third-order valence-corrected chi connectivity index (χ3v) is 5.41. The Labute approximate surface area is 135 Å². The van der Waals surface area contributed by atoms with Crippen molar-refractivity contribution in [1.29, 1.82) is 0 Å². The second kappa shape index (κ2) is 7.18. The normalized spacial score (nSPS) is 21.7. The maximum atomic E-state index is 12.3. The molecule has 1 saturated heterocycles. The Morgan fingerprint density at radius 1 is 1.36 bits per heavy atom. The second-order valence-corrected chi connectivity index (χ2v) is 7.13. The summed E-state index contributed by atoms with van der Waals surface area (Å²) < 4.78 is 0. The highest BCUT2D eigenvalue weighted by Gasteiger charge is 2.32. The number of benzene rings is 1. The van der Waals surface area contributed by atoms with Crippen LogP contribution in [0.5, 0.6) is 0 Å². The summed E-state index contributed by atoms with van der Waals surface area (Å²) in [6.07, 6.45) is 0.552. The van der Waals surface area contributed by atoms with Crippen LogP contribution in [-0.4, -0.2) is 40.7 Å². The number of aryl methyl sites for hydroxylation is 2. The molecule has 0 spiro atoms. The Kier molecular flexibility index (Phi) is 5.51. The molecule has 0 saturated carbocycles. The molecule has 1 N–H and O–H groups in total. The van der Waals surface area contributed by atoms with E-state index in [4.69, 9.17) is 5.11 Å². The van der Waals surface area contributed by atoms with Crippen molar-refractivity contribution in [2.24, 2.45) is 11.8 Å². The molecule has 0 radical (unpaired) electrons. The van der Waals surface area contributed by atoms with Gasteiger partial charge in [-0.1, -0.05) is 24.6 Å². The molecule has 2 rings (SSSR count). The van der Waals surface area contributed by atoms with Gasteiger partial charge in [-0.3, -0.25) is 9.59 Å². The lowest BCUT2D eigenvalue weighted by Gasteiger charge is -2.35. The quantitative estimate of drug-likeness (QED) is 0.866. The number of hydrogen-bond acceptors (Lipinski definition) is 3. The number of carboxylic acid groups (broad SMARTS) is 1. The molecular weight excluding hydrogens is 298 g/mol. The van der Waals surface area contributed by atoms with E-state index < -0.39 is 5.97 Å². The van der Waals surface area contributed by atoms with Gasteiger partial charge in [-0.05, 0) is 37.8 Å². The minimum atomic E-state index is -0.746. The van der Waals surface area contributed by atoms with Crippen LogP contribution < -0.4 is 0 Å². The van der Waals surface area contributed by atoms with Gasteiger partial charge in [0.15, 0.2) is 0 Å². The molecular formula is C17H23NO3S. The van der Waals surface area contributed by atoms with Crippen LogP contribution in [0.2, 0.25) is 0 Å². The molecule has 0 bridgehead atoms. The number of thioether (sulfide) groups is 1. The number of nitrogens with zero attached hydrogens (tertiary/aromatic N) is 1. The van der Waals surface area contributed by atoms with E-state index in [9.17, 15) is 9.59 Å². The first-order chi connectivity index (χ1) is 10.4. The highest BCUT2D eigenvalue weighted by atomic mass is 32.2. The van der Waals surface area contributed by atoms with Gasteiger partial charge in [-0.25, -0.2) is 0 Å². The van der Waals surface area contributed by atoms with E-state index in [0.29, 0.717) is 25.3 Å². The van der Waals surface area contributed by atoms with Gasteiger partial charge in [0.1, 0.15) is 0 Å². The molecule has 0 aliphatic carbocycles. The fourth-order valence-corrected chi connectivity index (χ4v) is 3.86. The van der Waals surface area contributed by atoms with Crippen molar-refractivity contribution in [3.8, 4) is 0 Å². The predicted octanol–water partition coefficient (Wildman–Crippen LogP) is 2.96. The van der Waals surface area contributed by atoms with E-state index in [0.717, 1.165) is 4.90 Å². The van der Waals surface area contributed by atoms with Crippen LogP contribution in [-0.2, 0) is 9.59 Å². The zero-order valence-corrected chi connectivity index (χ0v) is 14.2. The van der Waals surface area contributed by atoms with E-state index in [2.05, 4.69) is 18.2 Å². The molecule has 22 heavy (non-hydrogen) atoms. The molecule has 1 fully saturated rings. The molecule has 1 amide bonds. The lowest BCUT2D eigenvalue weighted by molar-refractivity contribution is -0.147. The van der Waals surface area contributed by atoms with Crippen molar-refractivity contribution in [3.05, 3.63) is 29.3 Å². The van der Waals surface area contributed by atoms with Crippen molar-refractivity contribution >= 4 is 23.6 Å². The van der Waals surface area contributed by atoms with Crippen LogP contribution in [0.1, 0.15) is 24.5 Å². The smallest absolute Gasteiger partial charge is 0.306 e. The first-order valence-electron chi connectivity index (χ1n) is 7.59. The maximum absolute atomic E-state index is 12.3. The number of carboxylic acids is 1. The zero-order chi connectivity index (χ0) is 16.3. The summed E-state index contributed by atoms with van der Waals surface area (Å²) in [6.45, 7) is 7.10. The van der Waals surface area contributed by atoms with E-state index in [1.165, 1.54) is 11.1 Å². The second-order valence-electron chi connectivity index (χ2n) is 6.11. The lowest BCUT2D eigenvalue weighted by atomic mass is 9.87. The number of aliphatic carboxylic acids is 1. The molecule has 1 aromatic rings. The van der Waals surface area contributed by atoms with E-state index >= 15 is 0 Å². The topological polar surface area (TPSA) is 57.6 Å². The van der Waals surface area contributed by atoms with Gasteiger partial charge in [0.25, 0.3) is 0 Å². The Morgan fingerprint density at radius 2 is 2.09 bits per heavy atom. The van der Waals surface area contributed by atoms with Crippen LogP contribution in [0, 0.1) is 25.7 Å². The summed E-state index contributed by atoms with van der Waals surface area (Å²) in [4.78, 5) is 26.4. The molecule has 2 unspecified atom stereocenters. The highest BCUT2D eigenvalue weighted by molar-refractivity contribution is 8.00. The van der Waals surface area contributed by atoms with E-state index in [1.54, 1.807) is 11.8 Å². The van der Waals surface area contributed by atoms with Crippen molar-refractivity contribution in [2.45, 2.75) is 32.1 Å². The van der Waals surface area contributed by atoms with Crippen LogP contribution in [0.25, 0.3) is 0 Å². The van der Waals surface area contributed by atoms with Crippen LogP contribution >= 0.6 is 11.8 Å². The molecule has 1 aliphatic rings. The minimum Gasteiger partial charge on any atom is -0.481 e. The number of amides is 1. The Morgan fingerprint density at radius 3 is 2.73 bits per heavy atom. The molecule has 1 aliphatic heterocycles. The molecule has 2 atom stereocenters. The Balaban J connectivity index is 1.91. The van der Waals surface area contributed by atoms with Crippen molar-refractivity contribution < 1.29 is 14.7 Å². The van der Waals surface area contributed by atoms with E-state index in [1.807, 2.05) is 25.7 Å². The SMILES string of the molecule is Cc1ccc(C)c(SCC(=O)N2CCC(C(=O)O)C(C)C2)c1. The van der Waals surface area contributed by atoms with Crippen LogP contribution in [0.3, 0.4) is 0 Å². The van der Waals surface area contributed by atoms with Gasteiger partial charge in [0.2, 0.25) is 5.91 Å². The fraction of sp³-hybridized carbons (Fsp3) is 0.529. The van der Waals surface area contributed by atoms with Crippen molar-refractivity contribution in [1.82, 2.24) is 4.90 Å². The Hall–Kier alpha value is -1.49. The first kappa shape index (κ1) is 16.9. The maximum Gasteiger partial charge on any atom is 0.306 e. The highest BCUT2D eigenvalue weighted by Crippen LogP contribution is 2.27. The van der Waals surface area contributed by atoms with Gasteiger partial charge in [-0.15, -0.1) is 11.8 Å². The van der Waals surface area contributed by atoms with Crippen LogP contribution in [0.4, 0.5) is 0 Å². The summed E-state index contributed by atoms with van der Waals surface area (Å²) in [5.74, 6) is -0.544. The molecule has 4 nitrogen and oxygen atoms in total. The van der Waals surface area contributed by atoms with Gasteiger partial charge < -0.3 is 10.0 Å². The summed E-state index contributed by atoms with van der Waals surface area (Å²) in [5.41, 5.74) is 2.37. The molecule has 1 aromatic carbocycles. The zero-order valence-electron chi connectivity index (χ0n) is 13.3. The van der Waals surface area contributed by atoms with Gasteiger partial charge in [0.05, 0.1) is 11.7 Å². The number of rotatable bonds is 4. The van der Waals surface area contributed by atoms with E-state index in [-0.39, 0.29) is 17.7 Å². The number of piperidine rings is 1. The molecule has 5 heteroatoms. The number of hydrogen-bond donors (Lipinski definition) is 1. The Bertz CT molecular complexity index is 573. The van der Waals surface area contributed by atoms with Gasteiger partial charge in [-0.2, -0.15) is 0 Å². The van der Waals surface area contributed by atoms with Crippen molar-refractivity contribution in [3.63, 3.8) is 0 Å². The largest absolute Gasteiger partial charge is 0.481 e. The third kappa shape index (κ3) is 4.03. The third-order valence-electron chi connectivity index (χ3n) is 4.27. The monoisotopic (exact) mass is 321 g/mol. The summed E-state index contributed by atoms with van der Waals surface area (Å²) in [5, 5.41) is 9.13. The number of likely N-dealkylation sites (tertiary alicyclic amines) is 1. The van der Waals surface area contributed by atoms with Gasteiger partial charge >= 0.3 is 5.97 Å². The van der Waals surface area contributed by atoms with Gasteiger partial charge in [0, 0.05) is 18.0 Å². The number of carbonyl (C=O) groups excluding carboxylic acids is 1. The molecule has 0 aromatic heterocycles. The summed E-state index contributed by atoms with van der Waals surface area (Å²) >= 11 is 1.56. The average Bonchev–Trinajstić information content (AvgIpc) is 2.47. The lowest BCUT2D eigenvalue weighted by Crippen LogP contribution is -2.45. The average molecular weight is 321 g/mol.